The second-order valence-electron chi connectivity index (χ2n) is 5.15. The monoisotopic (exact) mass is 283 g/mol. The van der Waals surface area contributed by atoms with E-state index in [0.29, 0.717) is 0 Å². The van der Waals surface area contributed by atoms with Crippen molar-refractivity contribution in [2.24, 2.45) is 0 Å². The van der Waals surface area contributed by atoms with Gasteiger partial charge < -0.3 is 0 Å². The third-order valence-corrected chi connectivity index (χ3v) is 5.64. The fraction of sp³-hybridized carbons (Fsp3) is 0.600. The van der Waals surface area contributed by atoms with Crippen molar-refractivity contribution in [3.63, 3.8) is 0 Å². The minimum Gasteiger partial charge on any atom is -0.207 e. The molecule has 1 fully saturated rings. The molecular weight excluding hydrogens is 258 g/mol. The molecule has 0 aromatic heterocycles. The highest BCUT2D eigenvalue weighted by atomic mass is 32.2. The van der Waals surface area contributed by atoms with Gasteiger partial charge >= 0.3 is 0 Å². The van der Waals surface area contributed by atoms with Crippen molar-refractivity contribution >= 4 is 10.0 Å². The number of sulfonamides is 1. The van der Waals surface area contributed by atoms with Gasteiger partial charge in [0, 0.05) is 13.1 Å². The Balaban J connectivity index is 2.78. The lowest BCUT2D eigenvalue weighted by atomic mass is 9.96. The summed E-state index contributed by atoms with van der Waals surface area (Å²) in [5.41, 5.74) is 1.02. The van der Waals surface area contributed by atoms with Crippen molar-refractivity contribution in [3.8, 4) is 0 Å². The van der Waals surface area contributed by atoms with E-state index in [-0.39, 0.29) is 10.9 Å². The van der Waals surface area contributed by atoms with Gasteiger partial charge in [-0.2, -0.15) is 4.31 Å². The first-order valence-electron chi connectivity index (χ1n) is 6.87. The Morgan fingerprint density at radius 3 is 2.32 bits per heavy atom. The van der Waals surface area contributed by atoms with Crippen LogP contribution in [0.15, 0.2) is 35.3 Å². The van der Waals surface area contributed by atoms with Gasteiger partial charge in [-0.3, -0.25) is 0 Å². The number of rotatable bonds is 5. The first kappa shape index (κ1) is 16.2. The molecule has 0 saturated heterocycles. The minimum absolute atomic E-state index is 0.131. The summed E-state index contributed by atoms with van der Waals surface area (Å²) in [5, 5.41) is 0. The standard InChI is InChI=1S/C15H25NO2S/c1-5-13(2)11-12-14(3)19(17,18)16(4)15-9-7-6-8-10-15/h5,11-12,15H,3,6-10H2,1-2,4H3/b12-11-,13-5-. The number of allylic oxidation sites excluding steroid dienone is 4. The van der Waals surface area contributed by atoms with E-state index in [1.54, 1.807) is 19.2 Å². The van der Waals surface area contributed by atoms with Crippen LogP contribution >= 0.6 is 0 Å². The molecule has 0 radical (unpaired) electrons. The Kier molecular flexibility index (Phi) is 6.01. The fourth-order valence-corrected chi connectivity index (χ4v) is 3.45. The van der Waals surface area contributed by atoms with Crippen LogP contribution in [0.3, 0.4) is 0 Å². The lowest BCUT2D eigenvalue weighted by Crippen LogP contribution is -2.38. The highest BCUT2D eigenvalue weighted by Crippen LogP contribution is 2.25. The predicted octanol–water partition coefficient (Wildman–Crippen LogP) is 3.62. The van der Waals surface area contributed by atoms with Gasteiger partial charge in [0.05, 0.1) is 4.91 Å². The van der Waals surface area contributed by atoms with Crippen molar-refractivity contribution in [2.75, 3.05) is 7.05 Å². The Morgan fingerprint density at radius 1 is 1.21 bits per heavy atom. The van der Waals surface area contributed by atoms with Crippen LogP contribution in [0.4, 0.5) is 0 Å². The third kappa shape index (κ3) is 4.32. The van der Waals surface area contributed by atoms with Crippen molar-refractivity contribution in [1.82, 2.24) is 4.31 Å². The van der Waals surface area contributed by atoms with Crippen LogP contribution in [-0.2, 0) is 10.0 Å². The summed E-state index contributed by atoms with van der Waals surface area (Å²) in [7, 11) is -1.74. The van der Waals surface area contributed by atoms with Crippen molar-refractivity contribution in [1.29, 1.82) is 0 Å². The van der Waals surface area contributed by atoms with E-state index >= 15 is 0 Å². The van der Waals surface area contributed by atoms with E-state index in [2.05, 4.69) is 6.58 Å². The highest BCUT2D eigenvalue weighted by molar-refractivity contribution is 7.93. The summed E-state index contributed by atoms with van der Waals surface area (Å²) in [5.74, 6) is 0. The molecule has 3 nitrogen and oxygen atoms in total. The first-order valence-corrected chi connectivity index (χ1v) is 8.31. The zero-order valence-electron chi connectivity index (χ0n) is 12.2. The molecule has 0 bridgehead atoms. The van der Waals surface area contributed by atoms with Gasteiger partial charge in [0.25, 0.3) is 0 Å². The van der Waals surface area contributed by atoms with Gasteiger partial charge in [0.2, 0.25) is 10.0 Å². The number of hydrogen-bond donors (Lipinski definition) is 0. The Bertz CT molecular complexity index is 468. The smallest absolute Gasteiger partial charge is 0.207 e. The van der Waals surface area contributed by atoms with Crippen LogP contribution in [-0.4, -0.2) is 25.8 Å². The maximum Gasteiger partial charge on any atom is 0.242 e. The molecular formula is C15H25NO2S. The zero-order chi connectivity index (χ0) is 14.5. The molecule has 0 unspecified atom stereocenters. The molecule has 19 heavy (non-hydrogen) atoms. The molecule has 0 N–H and O–H groups in total. The molecule has 1 aliphatic rings. The Morgan fingerprint density at radius 2 is 1.79 bits per heavy atom. The maximum absolute atomic E-state index is 12.4. The van der Waals surface area contributed by atoms with Crippen LogP contribution < -0.4 is 0 Å². The largest absolute Gasteiger partial charge is 0.242 e. The minimum atomic E-state index is -3.42. The summed E-state index contributed by atoms with van der Waals surface area (Å²) in [4.78, 5) is 0.168. The van der Waals surface area contributed by atoms with Gasteiger partial charge in [-0.1, -0.05) is 43.6 Å². The van der Waals surface area contributed by atoms with Gasteiger partial charge in [0.1, 0.15) is 0 Å². The van der Waals surface area contributed by atoms with Gasteiger partial charge in [-0.25, -0.2) is 8.42 Å². The van der Waals surface area contributed by atoms with E-state index in [9.17, 15) is 8.42 Å². The van der Waals surface area contributed by atoms with Crippen molar-refractivity contribution in [2.45, 2.75) is 52.0 Å². The molecule has 4 heteroatoms. The lowest BCUT2D eigenvalue weighted by Gasteiger charge is -2.30. The van der Waals surface area contributed by atoms with E-state index in [4.69, 9.17) is 0 Å². The Hall–Kier alpha value is -0.870. The molecule has 0 aromatic rings. The van der Waals surface area contributed by atoms with Crippen LogP contribution in [0.25, 0.3) is 0 Å². The summed E-state index contributed by atoms with van der Waals surface area (Å²) in [6.07, 6.45) is 10.7. The van der Waals surface area contributed by atoms with Gasteiger partial charge in [-0.15, -0.1) is 0 Å². The summed E-state index contributed by atoms with van der Waals surface area (Å²) >= 11 is 0. The molecule has 1 rings (SSSR count). The van der Waals surface area contributed by atoms with Gasteiger partial charge in [-0.05, 0) is 32.8 Å². The first-order chi connectivity index (χ1) is 8.89. The predicted molar refractivity (Wildman–Crippen MR) is 81.3 cm³/mol. The van der Waals surface area contributed by atoms with E-state index in [0.717, 1.165) is 31.3 Å². The van der Waals surface area contributed by atoms with E-state index < -0.39 is 10.0 Å². The Labute approximate surface area is 117 Å². The molecule has 0 amide bonds. The van der Waals surface area contributed by atoms with Crippen LogP contribution in [0, 0.1) is 0 Å². The summed E-state index contributed by atoms with van der Waals surface area (Å²) < 4.78 is 26.3. The number of hydrogen-bond acceptors (Lipinski definition) is 2. The topological polar surface area (TPSA) is 37.4 Å². The van der Waals surface area contributed by atoms with Crippen LogP contribution in [0.1, 0.15) is 46.0 Å². The second kappa shape index (κ2) is 7.06. The summed E-state index contributed by atoms with van der Waals surface area (Å²) in [6.45, 7) is 7.56. The molecule has 108 valence electrons. The molecule has 1 aliphatic carbocycles. The molecule has 0 heterocycles. The average molecular weight is 283 g/mol. The van der Waals surface area contributed by atoms with Crippen LogP contribution in [0.2, 0.25) is 0 Å². The number of nitrogens with zero attached hydrogens (tertiary/aromatic N) is 1. The second-order valence-corrected chi connectivity index (χ2v) is 7.20. The fourth-order valence-electron chi connectivity index (χ4n) is 2.23. The van der Waals surface area contributed by atoms with Crippen LogP contribution in [0.5, 0.6) is 0 Å². The molecule has 0 aromatic carbocycles. The average Bonchev–Trinajstić information content (AvgIpc) is 2.44. The van der Waals surface area contributed by atoms with E-state index in [1.807, 2.05) is 19.9 Å². The van der Waals surface area contributed by atoms with Crippen molar-refractivity contribution in [3.05, 3.63) is 35.3 Å². The lowest BCUT2D eigenvalue weighted by molar-refractivity contribution is 0.288. The zero-order valence-corrected chi connectivity index (χ0v) is 13.0. The normalized spacial score (nSPS) is 19.3. The van der Waals surface area contributed by atoms with E-state index in [1.165, 1.54) is 10.7 Å². The molecule has 0 spiro atoms. The maximum atomic E-state index is 12.4. The quantitative estimate of drug-likeness (QED) is 0.723. The molecule has 0 aliphatic heterocycles. The van der Waals surface area contributed by atoms with Crippen molar-refractivity contribution < 1.29 is 8.42 Å². The third-order valence-electron chi connectivity index (χ3n) is 3.79. The van der Waals surface area contributed by atoms with Gasteiger partial charge in [0.15, 0.2) is 0 Å². The molecule has 1 saturated carbocycles. The SMILES string of the molecule is C=C(/C=C\C(C)=C/C)S(=O)(=O)N(C)C1CCCCC1. The summed E-state index contributed by atoms with van der Waals surface area (Å²) in [6, 6.07) is 0.131. The molecule has 0 atom stereocenters. The highest BCUT2D eigenvalue weighted by Gasteiger charge is 2.28.